The lowest BCUT2D eigenvalue weighted by Crippen LogP contribution is -2.21. The second kappa shape index (κ2) is 5.81. The van der Waals surface area contributed by atoms with Crippen molar-refractivity contribution in [3.63, 3.8) is 0 Å². The monoisotopic (exact) mass is 311 g/mol. The lowest BCUT2D eigenvalue weighted by Gasteiger charge is -2.22. The maximum atomic E-state index is 14.9. The van der Waals surface area contributed by atoms with E-state index in [1.54, 1.807) is 39.8 Å². The Bertz CT molecular complexity index is 792. The number of aromatic nitrogens is 3. The summed E-state index contributed by atoms with van der Waals surface area (Å²) in [5.74, 6) is -0.434. The number of halogens is 1. The van der Waals surface area contributed by atoms with Gasteiger partial charge in [0.1, 0.15) is 18.5 Å². The minimum Gasteiger partial charge on any atom is -0.306 e. The van der Waals surface area contributed by atoms with Crippen LogP contribution in [0.5, 0.6) is 0 Å². The van der Waals surface area contributed by atoms with Gasteiger partial charge in [-0.3, -0.25) is 0 Å². The third kappa shape index (κ3) is 3.22. The summed E-state index contributed by atoms with van der Waals surface area (Å²) >= 11 is 0. The number of hydrogen-bond acceptors (Lipinski definition) is 3. The number of hydrogen-bond donors (Lipinski definition) is 0. The van der Waals surface area contributed by atoms with E-state index < -0.39 is 16.8 Å². The minimum absolute atomic E-state index is 0.197. The molecule has 1 aromatic carbocycles. The minimum atomic E-state index is -0.991. The van der Waals surface area contributed by atoms with Crippen LogP contribution in [0.2, 0.25) is 0 Å². The second-order valence-corrected chi connectivity index (χ2v) is 6.50. The maximum Gasteiger partial charge on any atom is 0.252 e. The van der Waals surface area contributed by atoms with Gasteiger partial charge in [-0.1, -0.05) is 0 Å². The van der Waals surface area contributed by atoms with Gasteiger partial charge in [0.25, 0.3) is 5.54 Å². The summed E-state index contributed by atoms with van der Waals surface area (Å²) < 4.78 is 16.4. The highest BCUT2D eigenvalue weighted by molar-refractivity contribution is 5.42. The van der Waals surface area contributed by atoms with E-state index in [0.29, 0.717) is 16.7 Å². The van der Waals surface area contributed by atoms with Crippen LogP contribution in [0, 0.1) is 23.7 Å². The Morgan fingerprint density at radius 1 is 1.35 bits per heavy atom. The summed E-state index contributed by atoms with van der Waals surface area (Å²) in [6.45, 7) is 14.4. The molecule has 0 radical (unpaired) electrons. The standard InChI is InChI=1S/C17H18FN5/c1-16(2,9-19)14-7-13(17(3,4)20-5)6-12(15(14)18)8-23-11-21-10-22-23/h6-7,10-11H,8H2,1-4H3. The number of nitriles is 1. The lowest BCUT2D eigenvalue weighted by atomic mass is 9.81. The van der Waals surface area contributed by atoms with E-state index in [1.807, 2.05) is 0 Å². The van der Waals surface area contributed by atoms with Gasteiger partial charge in [0.2, 0.25) is 0 Å². The molecule has 0 aliphatic rings. The molecule has 6 heteroatoms. The summed E-state index contributed by atoms with van der Waals surface area (Å²) in [5, 5.41) is 13.4. The summed E-state index contributed by atoms with van der Waals surface area (Å²) in [7, 11) is 0. The quantitative estimate of drug-likeness (QED) is 0.813. The summed E-state index contributed by atoms with van der Waals surface area (Å²) in [6, 6.07) is 5.43. The van der Waals surface area contributed by atoms with Crippen molar-refractivity contribution in [1.29, 1.82) is 5.26 Å². The predicted octanol–water partition coefficient (Wildman–Crippen LogP) is 3.42. The highest BCUT2D eigenvalue weighted by Crippen LogP contribution is 2.34. The molecule has 0 aliphatic heterocycles. The van der Waals surface area contributed by atoms with Crippen molar-refractivity contribution in [3.05, 3.63) is 58.7 Å². The van der Waals surface area contributed by atoms with E-state index in [0.717, 1.165) is 0 Å². The number of benzene rings is 1. The highest BCUT2D eigenvalue weighted by Gasteiger charge is 2.32. The van der Waals surface area contributed by atoms with Crippen LogP contribution in [-0.4, -0.2) is 14.8 Å². The van der Waals surface area contributed by atoms with Crippen LogP contribution in [0.3, 0.4) is 0 Å². The molecule has 0 aliphatic carbocycles. The Balaban J connectivity index is 2.66. The summed E-state index contributed by atoms with van der Waals surface area (Å²) in [4.78, 5) is 7.47. The lowest BCUT2D eigenvalue weighted by molar-refractivity contribution is 0.533. The fourth-order valence-electron chi connectivity index (χ4n) is 2.22. The van der Waals surface area contributed by atoms with Gasteiger partial charge >= 0.3 is 0 Å². The first kappa shape index (κ1) is 16.6. The van der Waals surface area contributed by atoms with Crippen LogP contribution in [0.15, 0.2) is 24.8 Å². The molecule has 118 valence electrons. The van der Waals surface area contributed by atoms with Crippen LogP contribution in [0.1, 0.15) is 44.4 Å². The van der Waals surface area contributed by atoms with Crippen LogP contribution < -0.4 is 0 Å². The Hall–Kier alpha value is -2.73. The largest absolute Gasteiger partial charge is 0.306 e. The van der Waals surface area contributed by atoms with Gasteiger partial charge in [-0.05, 0) is 26.0 Å². The summed E-state index contributed by atoms with van der Waals surface area (Å²) in [6.07, 6.45) is 2.88. The van der Waals surface area contributed by atoms with Gasteiger partial charge in [0.15, 0.2) is 0 Å². The molecule has 0 saturated heterocycles. The van der Waals surface area contributed by atoms with Gasteiger partial charge in [0, 0.05) is 30.5 Å². The van der Waals surface area contributed by atoms with Gasteiger partial charge < -0.3 is 4.85 Å². The zero-order valence-corrected chi connectivity index (χ0v) is 13.6. The van der Waals surface area contributed by atoms with E-state index in [9.17, 15) is 9.65 Å². The van der Waals surface area contributed by atoms with E-state index in [2.05, 4.69) is 21.0 Å². The fraction of sp³-hybridized carbons (Fsp3) is 0.412. The molecular weight excluding hydrogens is 293 g/mol. The predicted molar refractivity (Wildman–Crippen MR) is 83.8 cm³/mol. The van der Waals surface area contributed by atoms with Crippen molar-refractivity contribution in [2.24, 2.45) is 0 Å². The second-order valence-electron chi connectivity index (χ2n) is 6.50. The first-order chi connectivity index (χ1) is 10.7. The van der Waals surface area contributed by atoms with Crippen LogP contribution in [0.4, 0.5) is 4.39 Å². The Kier molecular flexibility index (Phi) is 4.20. The van der Waals surface area contributed by atoms with Gasteiger partial charge in [0.05, 0.1) is 18.0 Å². The Labute approximate surface area is 135 Å². The van der Waals surface area contributed by atoms with Crippen molar-refractivity contribution in [2.75, 3.05) is 0 Å². The highest BCUT2D eigenvalue weighted by atomic mass is 19.1. The third-order valence-corrected chi connectivity index (χ3v) is 3.89. The zero-order chi connectivity index (χ0) is 17.3. The number of rotatable bonds is 4. The molecule has 23 heavy (non-hydrogen) atoms. The maximum absolute atomic E-state index is 14.9. The molecule has 2 rings (SSSR count). The van der Waals surface area contributed by atoms with Crippen molar-refractivity contribution in [1.82, 2.24) is 14.8 Å². The van der Waals surface area contributed by atoms with Gasteiger partial charge in [-0.15, -0.1) is 0 Å². The first-order valence-electron chi connectivity index (χ1n) is 7.17. The Morgan fingerprint density at radius 3 is 2.57 bits per heavy atom. The average Bonchev–Trinajstić information content (AvgIpc) is 3.01. The smallest absolute Gasteiger partial charge is 0.252 e. The van der Waals surface area contributed by atoms with Crippen molar-refractivity contribution >= 4 is 0 Å². The molecule has 1 aromatic heterocycles. The molecule has 0 N–H and O–H groups in total. The molecule has 1 heterocycles. The van der Waals surface area contributed by atoms with E-state index in [1.165, 1.54) is 17.3 Å². The average molecular weight is 311 g/mol. The fourth-order valence-corrected chi connectivity index (χ4v) is 2.22. The SMILES string of the molecule is [C-]#[N+]C(C)(C)c1cc(Cn2cncn2)c(F)c(C(C)(C)C#N)c1. The first-order valence-corrected chi connectivity index (χ1v) is 7.17. The molecule has 0 spiro atoms. The molecule has 0 amide bonds. The van der Waals surface area contributed by atoms with E-state index in [-0.39, 0.29) is 6.54 Å². The summed E-state index contributed by atoms with van der Waals surface area (Å²) in [5.41, 5.74) is -0.421. The zero-order valence-electron chi connectivity index (χ0n) is 13.6. The van der Waals surface area contributed by atoms with E-state index >= 15 is 0 Å². The molecule has 0 unspecified atom stereocenters. The normalized spacial score (nSPS) is 11.8. The topological polar surface area (TPSA) is 58.9 Å². The number of nitrogens with zero attached hydrogens (tertiary/aromatic N) is 5. The molecule has 0 bridgehead atoms. The van der Waals surface area contributed by atoms with Crippen molar-refractivity contribution in [2.45, 2.75) is 45.2 Å². The molecular formula is C17H18FN5. The van der Waals surface area contributed by atoms with Crippen molar-refractivity contribution < 1.29 is 4.39 Å². The molecule has 0 fully saturated rings. The van der Waals surface area contributed by atoms with Gasteiger partial charge in [-0.25, -0.2) is 20.6 Å². The Morgan fingerprint density at radius 2 is 2.04 bits per heavy atom. The third-order valence-electron chi connectivity index (χ3n) is 3.89. The molecule has 0 saturated carbocycles. The van der Waals surface area contributed by atoms with Crippen LogP contribution >= 0.6 is 0 Å². The van der Waals surface area contributed by atoms with Crippen LogP contribution in [0.25, 0.3) is 4.85 Å². The van der Waals surface area contributed by atoms with Gasteiger partial charge in [-0.2, -0.15) is 10.4 Å². The van der Waals surface area contributed by atoms with Crippen molar-refractivity contribution in [3.8, 4) is 6.07 Å². The molecule has 5 nitrogen and oxygen atoms in total. The van der Waals surface area contributed by atoms with E-state index in [4.69, 9.17) is 6.57 Å². The molecule has 0 atom stereocenters. The van der Waals surface area contributed by atoms with Crippen LogP contribution in [-0.2, 0) is 17.5 Å². The molecule has 2 aromatic rings.